The molecule has 0 rings (SSSR count). The summed E-state index contributed by atoms with van der Waals surface area (Å²) in [4.78, 5) is 0. The number of hydrogen-bond acceptors (Lipinski definition) is 3. The van der Waals surface area contributed by atoms with E-state index in [0.29, 0.717) is 6.04 Å². The summed E-state index contributed by atoms with van der Waals surface area (Å²) in [6.45, 7) is 5.37. The minimum Gasteiger partial charge on any atom is -0.385 e. The zero-order chi connectivity index (χ0) is 12.2. The van der Waals surface area contributed by atoms with Crippen molar-refractivity contribution in [2.24, 2.45) is 11.8 Å². The number of hydrazine groups is 1. The predicted octanol–water partition coefficient (Wildman–Crippen LogP) is 2.85. The Balaban J connectivity index is 3.77. The van der Waals surface area contributed by atoms with Crippen molar-refractivity contribution in [3.05, 3.63) is 0 Å². The summed E-state index contributed by atoms with van der Waals surface area (Å²) in [5.41, 5.74) is 2.95. The molecule has 0 saturated carbocycles. The molecule has 98 valence electrons. The van der Waals surface area contributed by atoms with Crippen LogP contribution in [-0.2, 0) is 4.74 Å². The molecule has 0 aliphatic heterocycles. The number of rotatable bonds is 11. The van der Waals surface area contributed by atoms with Crippen LogP contribution in [-0.4, -0.2) is 19.8 Å². The van der Waals surface area contributed by atoms with Gasteiger partial charge in [-0.1, -0.05) is 39.5 Å². The van der Waals surface area contributed by atoms with Crippen LogP contribution in [0.5, 0.6) is 0 Å². The van der Waals surface area contributed by atoms with Crippen LogP contribution in [0.3, 0.4) is 0 Å². The fourth-order valence-electron chi connectivity index (χ4n) is 2.13. The molecule has 0 fully saturated rings. The maximum atomic E-state index is 5.60. The van der Waals surface area contributed by atoms with E-state index in [1.165, 1.54) is 32.1 Å². The molecule has 0 saturated heterocycles. The first kappa shape index (κ1) is 15.9. The fraction of sp³-hybridized carbons (Fsp3) is 1.00. The van der Waals surface area contributed by atoms with Crippen molar-refractivity contribution < 1.29 is 4.74 Å². The monoisotopic (exact) mass is 230 g/mol. The van der Waals surface area contributed by atoms with Gasteiger partial charge in [0.2, 0.25) is 0 Å². The molecule has 2 atom stereocenters. The Morgan fingerprint density at radius 3 is 2.44 bits per heavy atom. The number of unbranched alkanes of at least 4 members (excludes halogenated alkanes) is 1. The van der Waals surface area contributed by atoms with Gasteiger partial charge in [-0.05, 0) is 25.2 Å². The highest BCUT2D eigenvalue weighted by Crippen LogP contribution is 2.20. The molecule has 0 aliphatic rings. The lowest BCUT2D eigenvalue weighted by Crippen LogP contribution is -2.36. The molecule has 3 heteroatoms. The topological polar surface area (TPSA) is 47.3 Å². The van der Waals surface area contributed by atoms with Crippen LogP contribution in [0.25, 0.3) is 0 Å². The molecule has 0 aromatic carbocycles. The lowest BCUT2D eigenvalue weighted by molar-refractivity contribution is 0.186. The second-order valence-electron chi connectivity index (χ2n) is 4.65. The summed E-state index contributed by atoms with van der Waals surface area (Å²) in [7, 11) is 1.75. The highest BCUT2D eigenvalue weighted by atomic mass is 16.5. The molecular weight excluding hydrogens is 200 g/mol. The van der Waals surface area contributed by atoms with Crippen LogP contribution in [0.15, 0.2) is 0 Å². The van der Waals surface area contributed by atoms with Crippen molar-refractivity contribution in [3.63, 3.8) is 0 Å². The second kappa shape index (κ2) is 11.4. The maximum Gasteiger partial charge on any atom is 0.0462 e. The van der Waals surface area contributed by atoms with Crippen LogP contribution in [0, 0.1) is 5.92 Å². The first-order valence-corrected chi connectivity index (χ1v) is 6.73. The van der Waals surface area contributed by atoms with E-state index in [4.69, 9.17) is 10.6 Å². The highest BCUT2D eigenvalue weighted by Gasteiger charge is 2.13. The van der Waals surface area contributed by atoms with Crippen molar-refractivity contribution in [1.82, 2.24) is 5.43 Å². The standard InChI is InChI=1S/C13H30N2O/c1-4-6-8-12(5-2)11-13(15-14)9-7-10-16-3/h12-13,15H,4-11,14H2,1-3H3. The van der Waals surface area contributed by atoms with Gasteiger partial charge in [-0.3, -0.25) is 11.3 Å². The Hall–Kier alpha value is -0.120. The summed E-state index contributed by atoms with van der Waals surface area (Å²) in [6, 6.07) is 0.456. The third-order valence-corrected chi connectivity index (χ3v) is 3.30. The number of methoxy groups -OCH3 is 1. The van der Waals surface area contributed by atoms with E-state index < -0.39 is 0 Å². The normalized spacial score (nSPS) is 15.0. The number of nitrogens with one attached hydrogen (secondary N) is 1. The van der Waals surface area contributed by atoms with E-state index >= 15 is 0 Å². The zero-order valence-corrected chi connectivity index (χ0v) is 11.3. The van der Waals surface area contributed by atoms with Crippen LogP contribution < -0.4 is 11.3 Å². The Labute approximate surface area is 101 Å². The van der Waals surface area contributed by atoms with E-state index in [1.54, 1.807) is 7.11 Å². The molecule has 0 amide bonds. The summed E-state index contributed by atoms with van der Waals surface area (Å²) in [6.07, 6.45) is 8.66. The summed E-state index contributed by atoms with van der Waals surface area (Å²) >= 11 is 0. The van der Waals surface area contributed by atoms with E-state index in [0.717, 1.165) is 25.4 Å². The first-order valence-electron chi connectivity index (χ1n) is 6.73. The van der Waals surface area contributed by atoms with Gasteiger partial charge in [0.05, 0.1) is 0 Å². The minimum absolute atomic E-state index is 0.456. The van der Waals surface area contributed by atoms with Gasteiger partial charge in [0, 0.05) is 19.8 Å². The zero-order valence-electron chi connectivity index (χ0n) is 11.3. The van der Waals surface area contributed by atoms with Gasteiger partial charge < -0.3 is 4.74 Å². The minimum atomic E-state index is 0.456. The largest absolute Gasteiger partial charge is 0.385 e. The molecule has 16 heavy (non-hydrogen) atoms. The maximum absolute atomic E-state index is 5.60. The van der Waals surface area contributed by atoms with Crippen molar-refractivity contribution >= 4 is 0 Å². The fourth-order valence-corrected chi connectivity index (χ4v) is 2.13. The molecule has 0 aromatic heterocycles. The molecule has 0 radical (unpaired) electrons. The van der Waals surface area contributed by atoms with Gasteiger partial charge in [-0.25, -0.2) is 0 Å². The molecular formula is C13H30N2O. The Kier molecular flexibility index (Phi) is 11.3. The summed E-state index contributed by atoms with van der Waals surface area (Å²) < 4.78 is 5.06. The molecule has 0 bridgehead atoms. The predicted molar refractivity (Wildman–Crippen MR) is 70.1 cm³/mol. The molecule has 0 aromatic rings. The second-order valence-corrected chi connectivity index (χ2v) is 4.65. The van der Waals surface area contributed by atoms with Gasteiger partial charge >= 0.3 is 0 Å². The molecule has 0 heterocycles. The van der Waals surface area contributed by atoms with E-state index in [-0.39, 0.29) is 0 Å². The third kappa shape index (κ3) is 8.08. The molecule has 0 aliphatic carbocycles. The summed E-state index contributed by atoms with van der Waals surface area (Å²) in [5, 5.41) is 0. The van der Waals surface area contributed by atoms with E-state index in [9.17, 15) is 0 Å². The average molecular weight is 230 g/mol. The van der Waals surface area contributed by atoms with Gasteiger partial charge in [0.25, 0.3) is 0 Å². The Morgan fingerprint density at radius 1 is 1.19 bits per heavy atom. The Morgan fingerprint density at radius 2 is 1.94 bits per heavy atom. The molecule has 2 unspecified atom stereocenters. The lowest BCUT2D eigenvalue weighted by atomic mass is 9.91. The van der Waals surface area contributed by atoms with Gasteiger partial charge in [0.1, 0.15) is 0 Å². The smallest absolute Gasteiger partial charge is 0.0462 e. The van der Waals surface area contributed by atoms with Crippen molar-refractivity contribution in [2.75, 3.05) is 13.7 Å². The number of nitrogens with two attached hydrogens (primary N) is 1. The third-order valence-electron chi connectivity index (χ3n) is 3.30. The van der Waals surface area contributed by atoms with E-state index in [1.807, 2.05) is 0 Å². The molecule has 3 N–H and O–H groups in total. The highest BCUT2D eigenvalue weighted by molar-refractivity contribution is 4.69. The van der Waals surface area contributed by atoms with Crippen molar-refractivity contribution in [2.45, 2.75) is 64.8 Å². The average Bonchev–Trinajstić information content (AvgIpc) is 2.32. The van der Waals surface area contributed by atoms with Crippen LogP contribution >= 0.6 is 0 Å². The SMILES string of the molecule is CCCCC(CC)CC(CCCOC)NN. The van der Waals surface area contributed by atoms with Crippen molar-refractivity contribution in [3.8, 4) is 0 Å². The quantitative estimate of drug-likeness (QED) is 0.326. The number of hydrogen-bond donors (Lipinski definition) is 2. The van der Waals surface area contributed by atoms with Crippen LogP contribution in [0.4, 0.5) is 0 Å². The van der Waals surface area contributed by atoms with Crippen molar-refractivity contribution in [1.29, 1.82) is 0 Å². The van der Waals surface area contributed by atoms with Gasteiger partial charge in [0.15, 0.2) is 0 Å². The van der Waals surface area contributed by atoms with Gasteiger partial charge in [-0.15, -0.1) is 0 Å². The first-order chi connectivity index (χ1) is 7.78. The van der Waals surface area contributed by atoms with Crippen LogP contribution in [0.2, 0.25) is 0 Å². The van der Waals surface area contributed by atoms with E-state index in [2.05, 4.69) is 19.3 Å². The van der Waals surface area contributed by atoms with Crippen LogP contribution in [0.1, 0.15) is 58.8 Å². The molecule has 3 nitrogen and oxygen atoms in total. The van der Waals surface area contributed by atoms with Gasteiger partial charge in [-0.2, -0.15) is 0 Å². The molecule has 0 spiro atoms. The summed E-state index contributed by atoms with van der Waals surface area (Å²) in [5.74, 6) is 6.42. The Bertz CT molecular complexity index is 142. The lowest BCUT2D eigenvalue weighted by Gasteiger charge is -2.22. The number of ether oxygens (including phenoxy) is 1.